The molecule has 2 fully saturated rings. The second-order valence-electron chi connectivity index (χ2n) is 6.22. The molecule has 2 rings (SSSR count). The van der Waals surface area contributed by atoms with Gasteiger partial charge in [-0.05, 0) is 19.3 Å². The Morgan fingerprint density at radius 3 is 2.28 bits per heavy atom. The van der Waals surface area contributed by atoms with Crippen LogP contribution in [0.5, 0.6) is 0 Å². The summed E-state index contributed by atoms with van der Waals surface area (Å²) in [5, 5.41) is 4.45. The van der Waals surface area contributed by atoms with Crippen molar-refractivity contribution in [3.05, 3.63) is 0 Å². The number of carbonyl (C=O) groups excluding carboxylic acids is 5. The standard InChI is InChI=1S/C16H23N3O6/c1-2-7-17-16(24)18-12(20)9-25-13(21)8-19-14(22)10-5-3-4-6-11(10)15(19)23/h10-11H,2-9H2,1H3,(H2,17,18,20,24)/t10-,11+. The Morgan fingerprint density at radius 1 is 1.12 bits per heavy atom. The molecule has 0 aromatic heterocycles. The third-order valence-corrected chi connectivity index (χ3v) is 4.37. The molecule has 0 radical (unpaired) electrons. The van der Waals surface area contributed by atoms with E-state index in [-0.39, 0.29) is 23.7 Å². The number of hydrogen-bond donors (Lipinski definition) is 2. The second kappa shape index (κ2) is 8.59. The number of esters is 1. The number of fused-ring (bicyclic) bond motifs is 1. The van der Waals surface area contributed by atoms with Gasteiger partial charge in [-0.15, -0.1) is 0 Å². The van der Waals surface area contributed by atoms with E-state index in [1.807, 2.05) is 12.2 Å². The molecule has 138 valence electrons. The number of nitrogens with one attached hydrogen (secondary N) is 2. The van der Waals surface area contributed by atoms with E-state index < -0.39 is 31.1 Å². The van der Waals surface area contributed by atoms with Gasteiger partial charge >= 0.3 is 12.0 Å². The quantitative estimate of drug-likeness (QED) is 0.510. The van der Waals surface area contributed by atoms with Gasteiger partial charge in [-0.2, -0.15) is 0 Å². The first-order valence-electron chi connectivity index (χ1n) is 8.52. The summed E-state index contributed by atoms with van der Waals surface area (Å²) in [7, 11) is 0. The normalized spacial score (nSPS) is 22.4. The van der Waals surface area contributed by atoms with E-state index in [2.05, 4.69) is 5.32 Å². The van der Waals surface area contributed by atoms with E-state index in [0.717, 1.165) is 24.2 Å². The summed E-state index contributed by atoms with van der Waals surface area (Å²) in [6, 6.07) is -0.670. The highest BCUT2D eigenvalue weighted by molar-refractivity contribution is 6.07. The molecule has 1 aliphatic heterocycles. The Morgan fingerprint density at radius 2 is 1.72 bits per heavy atom. The van der Waals surface area contributed by atoms with Crippen LogP contribution in [0.1, 0.15) is 39.0 Å². The molecule has 0 aromatic carbocycles. The predicted molar refractivity (Wildman–Crippen MR) is 85.0 cm³/mol. The molecule has 1 saturated carbocycles. The van der Waals surface area contributed by atoms with Gasteiger partial charge in [-0.3, -0.25) is 29.4 Å². The second-order valence-corrected chi connectivity index (χ2v) is 6.22. The van der Waals surface area contributed by atoms with Gasteiger partial charge in [-0.1, -0.05) is 19.8 Å². The van der Waals surface area contributed by atoms with Crippen molar-refractivity contribution in [3.63, 3.8) is 0 Å². The van der Waals surface area contributed by atoms with Gasteiger partial charge in [0.15, 0.2) is 6.61 Å². The molecule has 1 saturated heterocycles. The minimum Gasteiger partial charge on any atom is -0.454 e. The van der Waals surface area contributed by atoms with Crippen molar-refractivity contribution in [2.75, 3.05) is 19.7 Å². The van der Waals surface area contributed by atoms with E-state index in [1.165, 1.54) is 0 Å². The zero-order valence-corrected chi connectivity index (χ0v) is 14.2. The van der Waals surface area contributed by atoms with Crippen LogP contribution in [0.15, 0.2) is 0 Å². The molecule has 5 amide bonds. The molecule has 2 N–H and O–H groups in total. The van der Waals surface area contributed by atoms with Crippen LogP contribution >= 0.6 is 0 Å². The van der Waals surface area contributed by atoms with Crippen LogP contribution < -0.4 is 10.6 Å². The van der Waals surface area contributed by atoms with Gasteiger partial charge in [0, 0.05) is 6.54 Å². The maximum absolute atomic E-state index is 12.2. The number of ether oxygens (including phenoxy) is 1. The minimum absolute atomic E-state index is 0.334. The number of amides is 5. The number of urea groups is 1. The summed E-state index contributed by atoms with van der Waals surface area (Å²) in [5.41, 5.74) is 0. The van der Waals surface area contributed by atoms with E-state index in [4.69, 9.17) is 4.74 Å². The molecule has 9 heteroatoms. The molecule has 0 aromatic rings. The highest BCUT2D eigenvalue weighted by Gasteiger charge is 2.48. The number of carbonyl (C=O) groups is 5. The lowest BCUT2D eigenvalue weighted by Gasteiger charge is -2.19. The summed E-state index contributed by atoms with van der Waals surface area (Å²) in [4.78, 5) is 60.0. The first kappa shape index (κ1) is 18.9. The largest absolute Gasteiger partial charge is 0.454 e. The maximum atomic E-state index is 12.2. The molecule has 1 heterocycles. The number of likely N-dealkylation sites (tertiary alicyclic amines) is 1. The average molecular weight is 353 g/mol. The van der Waals surface area contributed by atoms with Gasteiger partial charge in [0.1, 0.15) is 6.54 Å². The average Bonchev–Trinajstić information content (AvgIpc) is 2.83. The van der Waals surface area contributed by atoms with E-state index >= 15 is 0 Å². The van der Waals surface area contributed by atoms with Crippen molar-refractivity contribution in [1.29, 1.82) is 0 Å². The Balaban J connectivity index is 1.76. The third-order valence-electron chi connectivity index (χ3n) is 4.37. The van der Waals surface area contributed by atoms with Crippen molar-refractivity contribution >= 4 is 29.7 Å². The lowest BCUT2D eigenvalue weighted by molar-refractivity contribution is -0.154. The van der Waals surface area contributed by atoms with Crippen LogP contribution in [-0.2, 0) is 23.9 Å². The van der Waals surface area contributed by atoms with Crippen LogP contribution in [0.4, 0.5) is 4.79 Å². The zero-order chi connectivity index (χ0) is 18.4. The maximum Gasteiger partial charge on any atom is 0.326 e. The zero-order valence-electron chi connectivity index (χ0n) is 14.2. The summed E-state index contributed by atoms with van der Waals surface area (Å²) < 4.78 is 4.74. The van der Waals surface area contributed by atoms with Gasteiger partial charge in [-0.25, -0.2) is 4.79 Å². The Kier molecular flexibility index (Phi) is 6.49. The monoisotopic (exact) mass is 353 g/mol. The molecule has 25 heavy (non-hydrogen) atoms. The summed E-state index contributed by atoms with van der Waals surface area (Å²) in [6.07, 6.45) is 3.85. The van der Waals surface area contributed by atoms with Gasteiger partial charge in [0.2, 0.25) is 11.8 Å². The molecule has 0 spiro atoms. The fourth-order valence-corrected chi connectivity index (χ4v) is 3.15. The van der Waals surface area contributed by atoms with Crippen LogP contribution in [0.25, 0.3) is 0 Å². The molecule has 0 unspecified atom stereocenters. The van der Waals surface area contributed by atoms with Crippen molar-refractivity contribution < 1.29 is 28.7 Å². The van der Waals surface area contributed by atoms with Crippen LogP contribution in [-0.4, -0.2) is 54.3 Å². The van der Waals surface area contributed by atoms with Crippen LogP contribution in [0.2, 0.25) is 0 Å². The summed E-state index contributed by atoms with van der Waals surface area (Å²) >= 11 is 0. The summed E-state index contributed by atoms with van der Waals surface area (Å²) in [5.74, 6) is -2.98. The smallest absolute Gasteiger partial charge is 0.326 e. The third kappa shape index (κ3) is 4.77. The first-order valence-corrected chi connectivity index (χ1v) is 8.52. The molecule has 2 atom stereocenters. The fraction of sp³-hybridized carbons (Fsp3) is 0.688. The number of hydrogen-bond acceptors (Lipinski definition) is 6. The lowest BCUT2D eigenvalue weighted by atomic mass is 9.81. The summed E-state index contributed by atoms with van der Waals surface area (Å²) in [6.45, 7) is 1.13. The number of nitrogens with zero attached hydrogens (tertiary/aromatic N) is 1. The molecule has 1 aliphatic carbocycles. The molecule has 9 nitrogen and oxygen atoms in total. The highest BCUT2D eigenvalue weighted by atomic mass is 16.5. The van der Waals surface area contributed by atoms with Crippen molar-refractivity contribution in [2.45, 2.75) is 39.0 Å². The molecule has 0 bridgehead atoms. The molecular formula is C16H23N3O6. The Hall–Kier alpha value is -2.45. The van der Waals surface area contributed by atoms with E-state index in [0.29, 0.717) is 19.4 Å². The fourth-order valence-electron chi connectivity index (χ4n) is 3.15. The number of rotatable bonds is 6. The van der Waals surface area contributed by atoms with Crippen LogP contribution in [0, 0.1) is 11.8 Å². The predicted octanol–water partition coefficient (Wildman–Crippen LogP) is -0.0594. The van der Waals surface area contributed by atoms with E-state index in [9.17, 15) is 24.0 Å². The lowest BCUT2D eigenvalue weighted by Crippen LogP contribution is -2.42. The van der Waals surface area contributed by atoms with Crippen molar-refractivity contribution in [2.24, 2.45) is 11.8 Å². The molecule has 2 aliphatic rings. The van der Waals surface area contributed by atoms with Crippen molar-refractivity contribution in [1.82, 2.24) is 15.5 Å². The number of imide groups is 2. The SMILES string of the molecule is CCCNC(=O)NC(=O)COC(=O)CN1C(=O)[C@H]2CCCC[C@H]2C1=O. The Labute approximate surface area is 145 Å². The Bertz CT molecular complexity index is 552. The topological polar surface area (TPSA) is 122 Å². The minimum atomic E-state index is -0.857. The molecular weight excluding hydrogens is 330 g/mol. The first-order chi connectivity index (χ1) is 11.9. The van der Waals surface area contributed by atoms with Gasteiger partial charge < -0.3 is 10.1 Å². The van der Waals surface area contributed by atoms with Crippen molar-refractivity contribution in [3.8, 4) is 0 Å². The van der Waals surface area contributed by atoms with Crippen LogP contribution in [0.3, 0.4) is 0 Å². The van der Waals surface area contributed by atoms with E-state index in [1.54, 1.807) is 0 Å². The van der Waals surface area contributed by atoms with Gasteiger partial charge in [0.05, 0.1) is 11.8 Å². The highest BCUT2D eigenvalue weighted by Crippen LogP contribution is 2.37. The van der Waals surface area contributed by atoms with Gasteiger partial charge in [0.25, 0.3) is 5.91 Å².